The van der Waals surface area contributed by atoms with E-state index in [4.69, 9.17) is 4.74 Å². The summed E-state index contributed by atoms with van der Waals surface area (Å²) in [5.41, 5.74) is 1.18. The number of guanidine groups is 1. The number of piperidine rings is 1. The van der Waals surface area contributed by atoms with Gasteiger partial charge < -0.3 is 20.3 Å². The fraction of sp³-hybridized carbons (Fsp3) is 0.600. The van der Waals surface area contributed by atoms with Gasteiger partial charge in [-0.2, -0.15) is 0 Å². The van der Waals surface area contributed by atoms with Crippen molar-refractivity contribution < 1.29 is 9.53 Å². The minimum atomic E-state index is 0.0739. The molecule has 0 saturated carbocycles. The molecular weight excluding hydrogens is 328 g/mol. The first kappa shape index (κ1) is 20.2. The minimum Gasteiger partial charge on any atom is -0.375 e. The van der Waals surface area contributed by atoms with Crippen LogP contribution in [-0.2, 0) is 16.1 Å². The van der Waals surface area contributed by atoms with Crippen molar-refractivity contribution >= 4 is 11.9 Å². The molecule has 1 saturated heterocycles. The van der Waals surface area contributed by atoms with Crippen LogP contribution in [0.2, 0.25) is 0 Å². The van der Waals surface area contributed by atoms with Crippen LogP contribution in [0, 0.1) is 5.92 Å². The van der Waals surface area contributed by atoms with Crippen molar-refractivity contribution in [2.45, 2.75) is 39.3 Å². The van der Waals surface area contributed by atoms with E-state index in [0.29, 0.717) is 25.8 Å². The van der Waals surface area contributed by atoms with E-state index in [2.05, 4.69) is 27.8 Å². The monoisotopic (exact) mass is 360 g/mol. The predicted octanol–water partition coefficient (Wildman–Crippen LogP) is 2.02. The molecule has 6 heteroatoms. The third-order valence-electron chi connectivity index (χ3n) is 4.52. The van der Waals surface area contributed by atoms with Crippen LogP contribution in [0.4, 0.5) is 0 Å². The van der Waals surface area contributed by atoms with Gasteiger partial charge in [-0.3, -0.25) is 9.79 Å². The van der Waals surface area contributed by atoms with Gasteiger partial charge in [0, 0.05) is 38.6 Å². The molecule has 0 aromatic heterocycles. The van der Waals surface area contributed by atoms with Crippen molar-refractivity contribution in [3.63, 3.8) is 0 Å². The summed E-state index contributed by atoms with van der Waals surface area (Å²) in [6.07, 6.45) is 1.90. The normalized spacial score (nSPS) is 16.0. The third kappa shape index (κ3) is 6.67. The van der Waals surface area contributed by atoms with Crippen molar-refractivity contribution in [3.8, 4) is 0 Å². The fourth-order valence-electron chi connectivity index (χ4n) is 3.00. The molecule has 1 aromatic rings. The lowest BCUT2D eigenvalue weighted by molar-refractivity contribution is -0.135. The number of rotatable bonds is 7. The second kappa shape index (κ2) is 10.8. The Bertz CT molecular complexity index is 566. The highest BCUT2D eigenvalue weighted by Crippen LogP contribution is 2.13. The quantitative estimate of drug-likeness (QED) is 0.444. The molecule has 1 amide bonds. The number of aliphatic imine (C=N–C) groups is 1. The average molecular weight is 361 g/mol. The highest BCUT2D eigenvalue weighted by atomic mass is 16.5. The molecule has 0 radical (unpaired) electrons. The molecule has 2 N–H and O–H groups in total. The number of hydrogen-bond acceptors (Lipinski definition) is 3. The minimum absolute atomic E-state index is 0.0739. The molecule has 0 bridgehead atoms. The topological polar surface area (TPSA) is 66.0 Å². The number of likely N-dealkylation sites (tertiary alicyclic amines) is 1. The van der Waals surface area contributed by atoms with E-state index in [9.17, 15) is 4.79 Å². The number of benzene rings is 1. The van der Waals surface area contributed by atoms with Gasteiger partial charge in [0.1, 0.15) is 0 Å². The summed E-state index contributed by atoms with van der Waals surface area (Å²) in [5, 5.41) is 6.74. The summed E-state index contributed by atoms with van der Waals surface area (Å²) in [5.74, 6) is 1.12. The van der Waals surface area contributed by atoms with Crippen molar-refractivity contribution in [1.29, 1.82) is 0 Å². The Hall–Kier alpha value is -2.08. The van der Waals surface area contributed by atoms with Crippen LogP contribution in [0.1, 0.15) is 32.3 Å². The number of hydrogen-bond donors (Lipinski definition) is 2. The molecule has 1 aromatic carbocycles. The van der Waals surface area contributed by atoms with Gasteiger partial charge in [0.05, 0.1) is 13.2 Å². The zero-order chi connectivity index (χ0) is 18.8. The first-order valence-electron chi connectivity index (χ1n) is 9.47. The Morgan fingerprint density at radius 1 is 1.27 bits per heavy atom. The van der Waals surface area contributed by atoms with Gasteiger partial charge in [-0.15, -0.1) is 0 Å². The van der Waals surface area contributed by atoms with E-state index in [1.807, 2.05) is 36.9 Å². The van der Waals surface area contributed by atoms with Gasteiger partial charge in [0.15, 0.2) is 5.96 Å². The number of amides is 1. The highest BCUT2D eigenvalue weighted by Gasteiger charge is 2.24. The Morgan fingerprint density at radius 3 is 2.58 bits per heavy atom. The molecule has 0 atom stereocenters. The van der Waals surface area contributed by atoms with Gasteiger partial charge >= 0.3 is 0 Å². The Kier molecular flexibility index (Phi) is 8.41. The Labute approximate surface area is 157 Å². The lowest BCUT2D eigenvalue weighted by Gasteiger charge is -2.34. The number of nitrogens with zero attached hydrogens (tertiary/aromatic N) is 2. The zero-order valence-corrected chi connectivity index (χ0v) is 16.2. The van der Waals surface area contributed by atoms with E-state index >= 15 is 0 Å². The molecule has 6 nitrogen and oxygen atoms in total. The predicted molar refractivity (Wildman–Crippen MR) is 105 cm³/mol. The summed E-state index contributed by atoms with van der Waals surface area (Å²) in [4.78, 5) is 18.3. The lowest BCUT2D eigenvalue weighted by atomic mass is 10.0. The van der Waals surface area contributed by atoms with Gasteiger partial charge in [-0.1, -0.05) is 44.2 Å². The summed E-state index contributed by atoms with van der Waals surface area (Å²) in [6.45, 7) is 7.49. The number of carbonyl (C=O) groups is 1. The van der Waals surface area contributed by atoms with E-state index in [1.54, 1.807) is 7.05 Å². The molecule has 1 aliphatic rings. The molecule has 26 heavy (non-hydrogen) atoms. The standard InChI is InChI=1S/C20H32N4O2/c1-16(2)19(25)24-12-9-18(10-13-24)23-20(21-3)22-11-14-26-15-17-7-5-4-6-8-17/h4-8,16,18H,9-15H2,1-3H3,(H2,21,22,23). The van der Waals surface area contributed by atoms with Crippen LogP contribution in [0.15, 0.2) is 35.3 Å². The third-order valence-corrected chi connectivity index (χ3v) is 4.52. The molecule has 0 aliphatic carbocycles. The largest absolute Gasteiger partial charge is 0.375 e. The second-order valence-electron chi connectivity index (χ2n) is 6.94. The van der Waals surface area contributed by atoms with E-state index < -0.39 is 0 Å². The van der Waals surface area contributed by atoms with Crippen LogP contribution in [-0.4, -0.2) is 56.1 Å². The molecule has 2 rings (SSSR count). The van der Waals surface area contributed by atoms with Crippen molar-refractivity contribution in [1.82, 2.24) is 15.5 Å². The van der Waals surface area contributed by atoms with Crippen molar-refractivity contribution in [2.24, 2.45) is 10.9 Å². The van der Waals surface area contributed by atoms with Gasteiger partial charge in [0.2, 0.25) is 5.91 Å². The van der Waals surface area contributed by atoms with Gasteiger partial charge in [-0.25, -0.2) is 0 Å². The van der Waals surface area contributed by atoms with Crippen LogP contribution >= 0.6 is 0 Å². The number of carbonyl (C=O) groups excluding carboxylic acids is 1. The maximum absolute atomic E-state index is 12.0. The van der Waals surface area contributed by atoms with E-state index in [1.165, 1.54) is 5.56 Å². The first-order chi connectivity index (χ1) is 12.6. The van der Waals surface area contributed by atoms with E-state index in [-0.39, 0.29) is 11.8 Å². The van der Waals surface area contributed by atoms with Crippen LogP contribution in [0.5, 0.6) is 0 Å². The van der Waals surface area contributed by atoms with Crippen LogP contribution in [0.25, 0.3) is 0 Å². The smallest absolute Gasteiger partial charge is 0.225 e. The summed E-state index contributed by atoms with van der Waals surface area (Å²) in [7, 11) is 1.78. The SMILES string of the molecule is CN=C(NCCOCc1ccccc1)NC1CCN(C(=O)C(C)C)CC1. The molecule has 1 aliphatic heterocycles. The Balaban J connectivity index is 1.61. The summed E-state index contributed by atoms with van der Waals surface area (Å²) in [6, 6.07) is 10.5. The molecule has 0 spiro atoms. The van der Waals surface area contributed by atoms with Gasteiger partial charge in [-0.05, 0) is 18.4 Å². The van der Waals surface area contributed by atoms with Crippen molar-refractivity contribution in [3.05, 3.63) is 35.9 Å². The number of ether oxygens (including phenoxy) is 1. The highest BCUT2D eigenvalue weighted by molar-refractivity contribution is 5.80. The first-order valence-corrected chi connectivity index (χ1v) is 9.47. The zero-order valence-electron chi connectivity index (χ0n) is 16.2. The van der Waals surface area contributed by atoms with Crippen LogP contribution in [0.3, 0.4) is 0 Å². The molecule has 1 fully saturated rings. The average Bonchev–Trinajstić information content (AvgIpc) is 2.67. The fourth-order valence-corrected chi connectivity index (χ4v) is 3.00. The lowest BCUT2D eigenvalue weighted by Crippen LogP contribution is -2.50. The molecular formula is C20H32N4O2. The number of nitrogens with one attached hydrogen (secondary N) is 2. The summed E-state index contributed by atoms with van der Waals surface area (Å²) < 4.78 is 5.68. The van der Waals surface area contributed by atoms with E-state index in [0.717, 1.165) is 31.9 Å². The van der Waals surface area contributed by atoms with Gasteiger partial charge in [0.25, 0.3) is 0 Å². The van der Waals surface area contributed by atoms with Crippen molar-refractivity contribution in [2.75, 3.05) is 33.3 Å². The molecule has 144 valence electrons. The molecule has 1 heterocycles. The van der Waals surface area contributed by atoms with Crippen LogP contribution < -0.4 is 10.6 Å². The Morgan fingerprint density at radius 2 is 1.96 bits per heavy atom. The second-order valence-corrected chi connectivity index (χ2v) is 6.94. The maximum atomic E-state index is 12.0. The molecule has 0 unspecified atom stereocenters. The maximum Gasteiger partial charge on any atom is 0.225 e. The summed E-state index contributed by atoms with van der Waals surface area (Å²) >= 11 is 0.